The van der Waals surface area contributed by atoms with Crippen LogP contribution in [0.1, 0.15) is 24.0 Å². The van der Waals surface area contributed by atoms with Gasteiger partial charge in [-0.25, -0.2) is 0 Å². The highest BCUT2D eigenvalue weighted by Crippen LogP contribution is 2.22. The largest absolute Gasteiger partial charge is 0.494 e. The van der Waals surface area contributed by atoms with Gasteiger partial charge in [0, 0.05) is 25.8 Å². The van der Waals surface area contributed by atoms with Gasteiger partial charge in [0.05, 0.1) is 17.4 Å². The van der Waals surface area contributed by atoms with Crippen LogP contribution in [-0.2, 0) is 6.54 Å². The van der Waals surface area contributed by atoms with E-state index in [4.69, 9.17) is 17.2 Å². The zero-order valence-electron chi connectivity index (χ0n) is 19.9. The van der Waals surface area contributed by atoms with Crippen molar-refractivity contribution in [1.82, 2.24) is 14.0 Å². The minimum Gasteiger partial charge on any atom is -0.494 e. The second kappa shape index (κ2) is 10.8. The summed E-state index contributed by atoms with van der Waals surface area (Å²) in [5.41, 5.74) is 2.36. The zero-order valence-corrected chi connectivity index (χ0v) is 20.7. The highest BCUT2D eigenvalue weighted by Gasteiger charge is 2.21. The maximum absolute atomic E-state index is 13.5. The molecule has 1 aliphatic rings. The standard InChI is InChI=1S/C29H28N4O2S/c34-27-26(20-30-23-16-18-31(19-17-23)21-22-10-4-1-5-11-22)28(35)33(25-14-8-3-9-15-25)29(36)32(27)24-12-6-2-7-13-24/h1-15,20,23,34H,16-19,21H2. The van der Waals surface area contributed by atoms with Crippen LogP contribution in [0, 0.1) is 4.77 Å². The van der Waals surface area contributed by atoms with E-state index in [-0.39, 0.29) is 27.8 Å². The van der Waals surface area contributed by atoms with Crippen LogP contribution in [0.5, 0.6) is 5.88 Å². The van der Waals surface area contributed by atoms with Crippen molar-refractivity contribution < 1.29 is 5.11 Å². The third kappa shape index (κ3) is 5.08. The molecule has 0 spiro atoms. The second-order valence-corrected chi connectivity index (χ2v) is 9.30. The number of piperidine rings is 1. The lowest BCUT2D eigenvalue weighted by Gasteiger charge is -2.30. The number of benzene rings is 3. The molecule has 3 aromatic carbocycles. The maximum atomic E-state index is 13.5. The Hall–Kier alpha value is -3.81. The topological polar surface area (TPSA) is 62.8 Å². The fourth-order valence-electron chi connectivity index (χ4n) is 4.59. The molecule has 0 radical (unpaired) electrons. The van der Waals surface area contributed by atoms with Crippen LogP contribution in [0.4, 0.5) is 0 Å². The van der Waals surface area contributed by atoms with Gasteiger partial charge in [0.1, 0.15) is 5.56 Å². The Bertz CT molecular complexity index is 1460. The monoisotopic (exact) mass is 496 g/mol. The summed E-state index contributed by atoms with van der Waals surface area (Å²) in [4.78, 5) is 20.7. The molecule has 7 heteroatoms. The predicted octanol–water partition coefficient (Wildman–Crippen LogP) is 5.15. The Balaban J connectivity index is 1.45. The van der Waals surface area contributed by atoms with E-state index in [1.807, 2.05) is 66.7 Å². The van der Waals surface area contributed by atoms with Gasteiger partial charge in [-0.15, -0.1) is 0 Å². The molecule has 1 saturated heterocycles. The van der Waals surface area contributed by atoms with Crippen LogP contribution in [-0.4, -0.2) is 44.5 Å². The summed E-state index contributed by atoms with van der Waals surface area (Å²) in [7, 11) is 0. The van der Waals surface area contributed by atoms with E-state index in [0.717, 1.165) is 32.5 Å². The summed E-state index contributed by atoms with van der Waals surface area (Å²) in [6, 6.07) is 29.1. The van der Waals surface area contributed by atoms with Crippen LogP contribution in [0.3, 0.4) is 0 Å². The van der Waals surface area contributed by atoms with Gasteiger partial charge in [-0.1, -0.05) is 66.7 Å². The summed E-state index contributed by atoms with van der Waals surface area (Å²) in [5.74, 6) is -0.200. The summed E-state index contributed by atoms with van der Waals surface area (Å²) >= 11 is 5.68. The summed E-state index contributed by atoms with van der Waals surface area (Å²) in [5, 5.41) is 11.2. The number of hydrogen-bond acceptors (Lipinski definition) is 5. The second-order valence-electron chi connectivity index (χ2n) is 8.94. The molecule has 36 heavy (non-hydrogen) atoms. The third-order valence-electron chi connectivity index (χ3n) is 6.52. The third-order valence-corrected chi connectivity index (χ3v) is 6.88. The average molecular weight is 497 g/mol. The molecule has 0 bridgehead atoms. The minimum atomic E-state index is -0.388. The van der Waals surface area contributed by atoms with Crippen LogP contribution in [0.25, 0.3) is 11.4 Å². The molecular formula is C29H28N4O2S. The van der Waals surface area contributed by atoms with Gasteiger partial charge >= 0.3 is 0 Å². The van der Waals surface area contributed by atoms with Crippen molar-refractivity contribution in [1.29, 1.82) is 0 Å². The number of hydrogen-bond donors (Lipinski definition) is 1. The van der Waals surface area contributed by atoms with Crippen LogP contribution in [0.15, 0.2) is 101 Å². The quantitative estimate of drug-likeness (QED) is 0.296. The lowest BCUT2D eigenvalue weighted by atomic mass is 10.0. The Labute approximate surface area is 215 Å². The molecule has 6 nitrogen and oxygen atoms in total. The van der Waals surface area contributed by atoms with Crippen molar-refractivity contribution in [3.63, 3.8) is 0 Å². The molecule has 2 heterocycles. The van der Waals surface area contributed by atoms with Crippen LogP contribution < -0.4 is 5.56 Å². The van der Waals surface area contributed by atoms with Crippen molar-refractivity contribution in [2.75, 3.05) is 13.1 Å². The van der Waals surface area contributed by atoms with Gasteiger partial charge in [0.15, 0.2) is 4.77 Å². The summed E-state index contributed by atoms with van der Waals surface area (Å²) in [6.45, 7) is 2.80. The van der Waals surface area contributed by atoms with Crippen molar-refractivity contribution >= 4 is 18.4 Å². The molecule has 0 saturated carbocycles. The number of rotatable bonds is 6. The molecule has 4 aromatic rings. The van der Waals surface area contributed by atoms with Crippen LogP contribution in [0.2, 0.25) is 0 Å². The van der Waals surface area contributed by atoms with Gasteiger partial charge in [0.25, 0.3) is 5.56 Å². The SMILES string of the molecule is O=c1c(C=NC2CCN(Cc3ccccc3)CC2)c(O)n(-c2ccccc2)c(=S)n1-c1ccccc1. The predicted molar refractivity (Wildman–Crippen MR) is 146 cm³/mol. The molecular weight excluding hydrogens is 468 g/mol. The first kappa shape index (κ1) is 23.9. The van der Waals surface area contributed by atoms with Crippen molar-refractivity contribution in [3.8, 4) is 17.3 Å². The molecule has 0 atom stereocenters. The zero-order chi connectivity index (χ0) is 24.9. The van der Waals surface area contributed by atoms with Crippen molar-refractivity contribution in [3.05, 3.63) is 117 Å². The molecule has 5 rings (SSSR count). The Kier molecular flexibility index (Phi) is 7.21. The summed E-state index contributed by atoms with van der Waals surface area (Å²) < 4.78 is 3.17. The number of aromatic hydroxyl groups is 1. The first-order valence-electron chi connectivity index (χ1n) is 12.1. The summed E-state index contributed by atoms with van der Waals surface area (Å²) in [6.07, 6.45) is 3.33. The first-order chi connectivity index (χ1) is 17.6. The molecule has 1 aromatic heterocycles. The lowest BCUT2D eigenvalue weighted by Crippen LogP contribution is -2.35. The maximum Gasteiger partial charge on any atom is 0.271 e. The first-order valence-corrected chi connectivity index (χ1v) is 12.5. The molecule has 1 N–H and O–H groups in total. The van der Waals surface area contributed by atoms with E-state index in [0.29, 0.717) is 11.4 Å². The van der Waals surface area contributed by atoms with Gasteiger partial charge < -0.3 is 5.11 Å². The molecule has 0 unspecified atom stereocenters. The number of para-hydroxylation sites is 2. The fourth-order valence-corrected chi connectivity index (χ4v) is 4.97. The molecule has 0 amide bonds. The van der Waals surface area contributed by atoms with Crippen LogP contribution >= 0.6 is 12.2 Å². The van der Waals surface area contributed by atoms with Crippen molar-refractivity contribution in [2.24, 2.45) is 4.99 Å². The highest BCUT2D eigenvalue weighted by atomic mass is 32.1. The van der Waals surface area contributed by atoms with Gasteiger partial charge in [0.2, 0.25) is 5.88 Å². The molecule has 1 fully saturated rings. The van der Waals surface area contributed by atoms with E-state index in [2.05, 4.69) is 29.2 Å². The number of aromatic nitrogens is 2. The number of aliphatic imine (C=N–C) groups is 1. The fraction of sp³-hybridized carbons (Fsp3) is 0.207. The molecule has 182 valence electrons. The van der Waals surface area contributed by atoms with E-state index in [1.54, 1.807) is 0 Å². The highest BCUT2D eigenvalue weighted by molar-refractivity contribution is 7.71. The average Bonchev–Trinajstić information content (AvgIpc) is 2.91. The van der Waals surface area contributed by atoms with Crippen molar-refractivity contribution in [2.45, 2.75) is 25.4 Å². The van der Waals surface area contributed by atoms with E-state index < -0.39 is 0 Å². The lowest BCUT2D eigenvalue weighted by molar-refractivity contribution is 0.206. The van der Waals surface area contributed by atoms with E-state index in [9.17, 15) is 9.90 Å². The number of likely N-dealkylation sites (tertiary alicyclic amines) is 1. The van der Waals surface area contributed by atoms with Gasteiger partial charge in [-0.3, -0.25) is 23.8 Å². The normalized spacial score (nSPS) is 14.9. The Morgan fingerprint density at radius 1 is 0.833 bits per heavy atom. The molecule has 1 aliphatic heterocycles. The van der Waals surface area contributed by atoms with Gasteiger partial charge in [-0.2, -0.15) is 0 Å². The minimum absolute atomic E-state index is 0.0920. The van der Waals surface area contributed by atoms with E-state index in [1.165, 1.54) is 20.9 Å². The smallest absolute Gasteiger partial charge is 0.271 e. The molecule has 0 aliphatic carbocycles. The van der Waals surface area contributed by atoms with Gasteiger partial charge in [-0.05, 0) is 54.9 Å². The Morgan fingerprint density at radius 3 is 1.94 bits per heavy atom. The van der Waals surface area contributed by atoms with E-state index >= 15 is 0 Å². The number of nitrogens with zero attached hydrogens (tertiary/aromatic N) is 4. The Morgan fingerprint density at radius 2 is 1.36 bits per heavy atom.